The maximum Gasteiger partial charge on any atom is 0.271 e. The zero-order valence-corrected chi connectivity index (χ0v) is 13.8. The summed E-state index contributed by atoms with van der Waals surface area (Å²) in [6, 6.07) is 7.39. The molecule has 1 heterocycles. The second-order valence-electron chi connectivity index (χ2n) is 6.11. The van der Waals surface area contributed by atoms with E-state index >= 15 is 0 Å². The van der Waals surface area contributed by atoms with Crippen molar-refractivity contribution in [1.29, 1.82) is 0 Å². The Bertz CT molecular complexity index is 735. The molecule has 1 amide bonds. The Labute approximate surface area is 139 Å². The zero-order chi connectivity index (χ0) is 17.9. The van der Waals surface area contributed by atoms with E-state index < -0.39 is 16.4 Å². The van der Waals surface area contributed by atoms with Gasteiger partial charge < -0.3 is 10.4 Å². The van der Waals surface area contributed by atoms with Gasteiger partial charge >= 0.3 is 0 Å². The number of nitro benzene ring substituents is 1. The van der Waals surface area contributed by atoms with Crippen LogP contribution in [0.25, 0.3) is 5.69 Å². The van der Waals surface area contributed by atoms with E-state index in [1.54, 1.807) is 31.3 Å². The predicted molar refractivity (Wildman–Crippen MR) is 88.0 cm³/mol. The lowest BCUT2D eigenvalue weighted by Gasteiger charge is -2.27. The molecule has 1 atom stereocenters. The van der Waals surface area contributed by atoms with Crippen LogP contribution < -0.4 is 5.32 Å². The molecule has 8 nitrogen and oxygen atoms in total. The highest BCUT2D eigenvalue weighted by Gasteiger charge is 2.26. The molecule has 2 aromatic rings. The highest BCUT2D eigenvalue weighted by atomic mass is 16.6. The zero-order valence-electron chi connectivity index (χ0n) is 13.8. The van der Waals surface area contributed by atoms with Crippen LogP contribution in [0, 0.1) is 16.0 Å². The summed E-state index contributed by atoms with van der Waals surface area (Å²) in [4.78, 5) is 22.3. The van der Waals surface area contributed by atoms with Crippen LogP contribution in [0.15, 0.2) is 36.5 Å². The SMILES string of the molecule is CC(C)C(C)(O)CNC(=O)c1ccn(-c2ccc([N+](=O)[O-])cc2)n1. The molecule has 2 N–H and O–H groups in total. The number of aliphatic hydroxyl groups is 1. The molecule has 1 unspecified atom stereocenters. The van der Waals surface area contributed by atoms with Crippen LogP contribution in [0.3, 0.4) is 0 Å². The molecule has 1 aromatic carbocycles. The Hall–Kier alpha value is -2.74. The molecule has 128 valence electrons. The van der Waals surface area contributed by atoms with Gasteiger partial charge in [0.1, 0.15) is 0 Å². The third kappa shape index (κ3) is 3.96. The van der Waals surface area contributed by atoms with Gasteiger partial charge in [0, 0.05) is 24.9 Å². The van der Waals surface area contributed by atoms with Gasteiger partial charge in [-0.2, -0.15) is 5.10 Å². The van der Waals surface area contributed by atoms with Gasteiger partial charge in [-0.3, -0.25) is 14.9 Å². The van der Waals surface area contributed by atoms with Crippen molar-refractivity contribution in [3.63, 3.8) is 0 Å². The van der Waals surface area contributed by atoms with Gasteiger partial charge in [-0.1, -0.05) is 13.8 Å². The first kappa shape index (κ1) is 17.6. The lowest BCUT2D eigenvalue weighted by atomic mass is 9.92. The number of non-ortho nitro benzene ring substituents is 1. The molecule has 0 fully saturated rings. The minimum Gasteiger partial charge on any atom is -0.388 e. The van der Waals surface area contributed by atoms with Crippen molar-refractivity contribution >= 4 is 11.6 Å². The van der Waals surface area contributed by atoms with Crippen molar-refractivity contribution in [3.8, 4) is 5.69 Å². The van der Waals surface area contributed by atoms with Crippen LogP contribution in [0.5, 0.6) is 0 Å². The number of hydrogen-bond acceptors (Lipinski definition) is 5. The summed E-state index contributed by atoms with van der Waals surface area (Å²) < 4.78 is 1.46. The normalized spacial score (nSPS) is 13.5. The molecule has 0 bridgehead atoms. The van der Waals surface area contributed by atoms with E-state index in [2.05, 4.69) is 10.4 Å². The average molecular weight is 332 g/mol. The summed E-state index contributed by atoms with van der Waals surface area (Å²) in [5.74, 6) is -0.396. The molecule has 0 aliphatic carbocycles. The standard InChI is InChI=1S/C16H20N4O4/c1-11(2)16(3,22)10-17-15(21)14-8-9-19(18-14)12-4-6-13(7-5-12)20(23)24/h4-9,11,22H,10H2,1-3H3,(H,17,21). The van der Waals surface area contributed by atoms with Crippen molar-refractivity contribution in [3.05, 3.63) is 52.3 Å². The third-order valence-corrected chi connectivity index (χ3v) is 4.00. The van der Waals surface area contributed by atoms with Gasteiger partial charge in [-0.05, 0) is 31.0 Å². The quantitative estimate of drug-likeness (QED) is 0.620. The van der Waals surface area contributed by atoms with E-state index in [0.29, 0.717) is 5.69 Å². The van der Waals surface area contributed by atoms with Crippen LogP contribution in [-0.4, -0.2) is 37.9 Å². The van der Waals surface area contributed by atoms with Gasteiger partial charge in [0.15, 0.2) is 5.69 Å². The molecular weight excluding hydrogens is 312 g/mol. The van der Waals surface area contributed by atoms with Gasteiger partial charge in [0.2, 0.25) is 0 Å². The summed E-state index contributed by atoms with van der Waals surface area (Å²) in [5.41, 5.74) is -0.210. The lowest BCUT2D eigenvalue weighted by molar-refractivity contribution is -0.384. The highest BCUT2D eigenvalue weighted by Crippen LogP contribution is 2.16. The van der Waals surface area contributed by atoms with Crippen LogP contribution in [0.4, 0.5) is 5.69 Å². The summed E-state index contributed by atoms with van der Waals surface area (Å²) in [7, 11) is 0. The maximum absolute atomic E-state index is 12.1. The smallest absolute Gasteiger partial charge is 0.271 e. The topological polar surface area (TPSA) is 110 Å². The first-order chi connectivity index (χ1) is 11.2. The molecule has 0 aliphatic heterocycles. The first-order valence-electron chi connectivity index (χ1n) is 7.52. The van der Waals surface area contributed by atoms with E-state index in [9.17, 15) is 20.0 Å². The number of aromatic nitrogens is 2. The predicted octanol–water partition coefficient (Wildman–Crippen LogP) is 1.92. The second kappa shape index (κ2) is 6.79. The van der Waals surface area contributed by atoms with Crippen LogP contribution in [0.1, 0.15) is 31.3 Å². The fourth-order valence-electron chi connectivity index (χ4n) is 1.87. The van der Waals surface area contributed by atoms with Crippen molar-refractivity contribution in [2.24, 2.45) is 5.92 Å². The number of nitrogens with one attached hydrogen (secondary N) is 1. The van der Waals surface area contributed by atoms with Crippen LogP contribution in [0.2, 0.25) is 0 Å². The van der Waals surface area contributed by atoms with Gasteiger partial charge in [-0.15, -0.1) is 0 Å². The first-order valence-corrected chi connectivity index (χ1v) is 7.52. The molecule has 0 spiro atoms. The monoisotopic (exact) mass is 332 g/mol. The summed E-state index contributed by atoms with van der Waals surface area (Å²) in [6.45, 7) is 5.52. The molecule has 0 radical (unpaired) electrons. The number of benzene rings is 1. The molecule has 8 heteroatoms. The van der Waals surface area contributed by atoms with E-state index in [1.807, 2.05) is 13.8 Å². The van der Waals surface area contributed by atoms with Crippen molar-refractivity contribution in [1.82, 2.24) is 15.1 Å². The fourth-order valence-corrected chi connectivity index (χ4v) is 1.87. The van der Waals surface area contributed by atoms with E-state index in [0.717, 1.165) is 0 Å². The molecule has 24 heavy (non-hydrogen) atoms. The number of carbonyl (C=O) groups excluding carboxylic acids is 1. The van der Waals surface area contributed by atoms with Crippen molar-refractivity contribution < 1.29 is 14.8 Å². The van der Waals surface area contributed by atoms with Crippen molar-refractivity contribution in [2.75, 3.05) is 6.54 Å². The second-order valence-corrected chi connectivity index (χ2v) is 6.11. The van der Waals surface area contributed by atoms with Gasteiger partial charge in [0.05, 0.1) is 16.2 Å². The minimum atomic E-state index is -1.00. The Balaban J connectivity index is 2.07. The van der Waals surface area contributed by atoms with Gasteiger partial charge in [0.25, 0.3) is 11.6 Å². The largest absolute Gasteiger partial charge is 0.388 e. The third-order valence-electron chi connectivity index (χ3n) is 4.00. The molecule has 1 aromatic heterocycles. The number of nitrogens with zero attached hydrogens (tertiary/aromatic N) is 3. The minimum absolute atomic E-state index is 0.00420. The Morgan fingerprint density at radius 1 is 1.38 bits per heavy atom. The van der Waals surface area contributed by atoms with Crippen LogP contribution in [-0.2, 0) is 0 Å². The number of nitro groups is 1. The fraction of sp³-hybridized carbons (Fsp3) is 0.375. The van der Waals surface area contributed by atoms with E-state index in [1.165, 1.54) is 16.8 Å². The summed E-state index contributed by atoms with van der Waals surface area (Å²) in [6.07, 6.45) is 1.59. The van der Waals surface area contributed by atoms with Crippen LogP contribution >= 0.6 is 0 Å². The highest BCUT2D eigenvalue weighted by molar-refractivity contribution is 5.92. The average Bonchev–Trinajstić information content (AvgIpc) is 3.02. The number of hydrogen-bond donors (Lipinski definition) is 2. The summed E-state index contributed by atoms with van der Waals surface area (Å²) >= 11 is 0. The van der Waals surface area contributed by atoms with Crippen molar-refractivity contribution in [2.45, 2.75) is 26.4 Å². The number of rotatable bonds is 6. The molecule has 2 rings (SSSR count). The maximum atomic E-state index is 12.1. The number of amides is 1. The Morgan fingerprint density at radius 3 is 2.54 bits per heavy atom. The summed E-state index contributed by atoms with van der Waals surface area (Å²) in [5, 5.41) is 27.6. The Kier molecular flexibility index (Phi) is 4.99. The molecule has 0 aliphatic rings. The van der Waals surface area contributed by atoms with E-state index in [4.69, 9.17) is 0 Å². The molecular formula is C16H20N4O4. The Morgan fingerprint density at radius 2 is 2.00 bits per heavy atom. The van der Waals surface area contributed by atoms with Gasteiger partial charge in [-0.25, -0.2) is 4.68 Å². The van der Waals surface area contributed by atoms with E-state index in [-0.39, 0.29) is 23.8 Å². The lowest BCUT2D eigenvalue weighted by Crippen LogP contribution is -2.44. The molecule has 0 saturated carbocycles. The molecule has 0 saturated heterocycles. The number of carbonyl (C=O) groups is 1.